The van der Waals surface area contributed by atoms with Gasteiger partial charge < -0.3 is 24.4 Å². The number of hydrogen-bond donors (Lipinski definition) is 1. The molecule has 8 nitrogen and oxygen atoms in total. The maximum absolute atomic E-state index is 12.5. The molecule has 0 spiro atoms. The molecule has 1 saturated heterocycles. The van der Waals surface area contributed by atoms with E-state index in [0.717, 1.165) is 77.5 Å². The van der Waals surface area contributed by atoms with Gasteiger partial charge in [0.1, 0.15) is 5.82 Å². The number of likely N-dealkylation sites (N-methyl/N-ethyl adjacent to an activating group) is 1. The minimum Gasteiger partial charge on any atom is -0.493 e. The lowest BCUT2D eigenvalue weighted by molar-refractivity contribution is 0.0858. The minimum atomic E-state index is -0.0667. The quantitative estimate of drug-likeness (QED) is 0.249. The van der Waals surface area contributed by atoms with Crippen LogP contribution in [0.4, 0.5) is 5.82 Å². The molecule has 0 saturated carbocycles. The van der Waals surface area contributed by atoms with Crippen molar-refractivity contribution in [3.05, 3.63) is 70.4 Å². The first-order chi connectivity index (χ1) is 18.9. The first-order valence-electron chi connectivity index (χ1n) is 13.3. The van der Waals surface area contributed by atoms with Gasteiger partial charge in [0, 0.05) is 49.3 Å². The molecule has 9 heteroatoms. The van der Waals surface area contributed by atoms with E-state index in [9.17, 15) is 4.79 Å². The summed E-state index contributed by atoms with van der Waals surface area (Å²) < 4.78 is 16.4. The van der Waals surface area contributed by atoms with Crippen molar-refractivity contribution >= 4 is 23.5 Å². The summed E-state index contributed by atoms with van der Waals surface area (Å²) >= 11 is 1.60. The number of nitrogens with one attached hydrogen (secondary N) is 1. The van der Waals surface area contributed by atoms with Crippen LogP contribution >= 0.6 is 11.8 Å². The number of ether oxygens (including phenoxy) is 3. The Labute approximate surface area is 235 Å². The van der Waals surface area contributed by atoms with Crippen LogP contribution in [0.5, 0.6) is 11.5 Å². The Morgan fingerprint density at radius 3 is 2.51 bits per heavy atom. The number of amides is 1. The highest BCUT2D eigenvalue weighted by Crippen LogP contribution is 2.29. The van der Waals surface area contributed by atoms with E-state index in [0.29, 0.717) is 12.1 Å². The molecule has 208 valence electrons. The van der Waals surface area contributed by atoms with Gasteiger partial charge in [0.2, 0.25) is 0 Å². The Hall–Kier alpha value is -3.30. The third-order valence-corrected chi connectivity index (χ3v) is 7.91. The Morgan fingerprint density at radius 2 is 1.82 bits per heavy atom. The number of nitrogens with zero attached hydrogens (tertiary/aromatic N) is 3. The van der Waals surface area contributed by atoms with Gasteiger partial charge in [-0.05, 0) is 68.5 Å². The first-order valence-corrected chi connectivity index (χ1v) is 14.2. The third kappa shape index (κ3) is 7.64. The second-order valence-corrected chi connectivity index (χ2v) is 10.7. The maximum Gasteiger partial charge on any atom is 0.251 e. The summed E-state index contributed by atoms with van der Waals surface area (Å²) in [6.07, 6.45) is 3.05. The lowest BCUT2D eigenvalue weighted by Crippen LogP contribution is -2.31. The van der Waals surface area contributed by atoms with Crippen LogP contribution in [-0.4, -0.2) is 62.9 Å². The van der Waals surface area contributed by atoms with E-state index in [4.69, 9.17) is 24.2 Å². The zero-order valence-electron chi connectivity index (χ0n) is 23.5. The van der Waals surface area contributed by atoms with Gasteiger partial charge in [-0.2, -0.15) is 0 Å². The average Bonchev–Trinajstić information content (AvgIpc) is 3.49. The van der Waals surface area contributed by atoms with Gasteiger partial charge in [-0.25, -0.2) is 9.97 Å². The van der Waals surface area contributed by atoms with Gasteiger partial charge in [0.15, 0.2) is 16.7 Å². The largest absolute Gasteiger partial charge is 0.493 e. The van der Waals surface area contributed by atoms with Crippen LogP contribution < -0.4 is 19.7 Å². The summed E-state index contributed by atoms with van der Waals surface area (Å²) in [7, 11) is 5.36. The molecule has 1 aliphatic heterocycles. The average molecular weight is 551 g/mol. The molecule has 1 amide bonds. The number of benzene rings is 2. The summed E-state index contributed by atoms with van der Waals surface area (Å²) in [5, 5.41) is 3.71. The molecule has 2 aromatic carbocycles. The summed E-state index contributed by atoms with van der Waals surface area (Å²) in [5.74, 6) is 3.05. The molecule has 39 heavy (non-hydrogen) atoms. The second kappa shape index (κ2) is 13.7. The topological polar surface area (TPSA) is 85.8 Å². The van der Waals surface area contributed by atoms with E-state index < -0.39 is 0 Å². The number of carbonyl (C=O) groups excluding carboxylic acids is 1. The molecule has 0 aliphatic carbocycles. The Kier molecular flexibility index (Phi) is 10.1. The Balaban J connectivity index is 1.34. The van der Waals surface area contributed by atoms with Crippen molar-refractivity contribution in [2.45, 2.75) is 50.1 Å². The van der Waals surface area contributed by atoms with E-state index in [1.165, 1.54) is 5.56 Å². The fourth-order valence-corrected chi connectivity index (χ4v) is 5.32. The van der Waals surface area contributed by atoms with Crippen molar-refractivity contribution < 1.29 is 19.0 Å². The molecule has 1 fully saturated rings. The molecule has 1 atom stereocenters. The van der Waals surface area contributed by atoms with Crippen molar-refractivity contribution in [1.29, 1.82) is 0 Å². The van der Waals surface area contributed by atoms with E-state index in [-0.39, 0.29) is 12.0 Å². The number of thioether (sulfide) groups is 1. The van der Waals surface area contributed by atoms with E-state index in [1.807, 2.05) is 43.3 Å². The number of hydrogen-bond acceptors (Lipinski definition) is 8. The van der Waals surface area contributed by atoms with E-state index >= 15 is 0 Å². The lowest BCUT2D eigenvalue weighted by Gasteiger charge is -2.22. The SMILES string of the molecule is COc1ccc(CCN(C)c2nc(SCc3ccc(C(=O)NCC4CCCO4)cc3)nc(C)c2C)cc1OC. The summed E-state index contributed by atoms with van der Waals surface area (Å²) in [6, 6.07) is 13.7. The van der Waals surface area contributed by atoms with Crippen LogP contribution in [0.1, 0.15) is 45.6 Å². The van der Waals surface area contributed by atoms with Crippen LogP contribution in [0.15, 0.2) is 47.6 Å². The van der Waals surface area contributed by atoms with Crippen LogP contribution in [-0.2, 0) is 16.9 Å². The summed E-state index contributed by atoms with van der Waals surface area (Å²) in [4.78, 5) is 24.2. The molecule has 0 radical (unpaired) electrons. The molecular weight excluding hydrogens is 512 g/mol. The highest BCUT2D eigenvalue weighted by molar-refractivity contribution is 7.98. The molecule has 4 rings (SSSR count). The number of methoxy groups -OCH3 is 2. The maximum atomic E-state index is 12.5. The molecule has 3 aromatic rings. The van der Waals surface area contributed by atoms with Gasteiger partial charge in [-0.15, -0.1) is 0 Å². The predicted molar refractivity (Wildman–Crippen MR) is 155 cm³/mol. The number of anilines is 1. The molecule has 2 heterocycles. The van der Waals surface area contributed by atoms with Crippen molar-refractivity contribution in [2.75, 3.05) is 45.9 Å². The number of carbonyl (C=O) groups is 1. The van der Waals surface area contributed by atoms with Gasteiger partial charge >= 0.3 is 0 Å². The van der Waals surface area contributed by atoms with E-state index in [2.05, 4.69) is 30.3 Å². The third-order valence-electron chi connectivity index (χ3n) is 6.99. The first kappa shape index (κ1) is 28.7. The second-order valence-electron chi connectivity index (χ2n) is 9.73. The zero-order chi connectivity index (χ0) is 27.8. The molecule has 1 aliphatic rings. The normalized spacial score (nSPS) is 14.7. The van der Waals surface area contributed by atoms with Gasteiger partial charge in [0.05, 0.1) is 20.3 Å². The van der Waals surface area contributed by atoms with Crippen LogP contribution in [0.3, 0.4) is 0 Å². The Bertz CT molecular complexity index is 1260. The zero-order valence-corrected chi connectivity index (χ0v) is 24.3. The fraction of sp³-hybridized carbons (Fsp3) is 0.433. The summed E-state index contributed by atoms with van der Waals surface area (Å²) in [6.45, 7) is 6.23. The predicted octanol–water partition coefficient (Wildman–Crippen LogP) is 4.99. The van der Waals surface area contributed by atoms with Crippen LogP contribution in [0.2, 0.25) is 0 Å². The fourth-order valence-electron chi connectivity index (χ4n) is 4.48. The Morgan fingerprint density at radius 1 is 1.08 bits per heavy atom. The molecule has 1 N–H and O–H groups in total. The van der Waals surface area contributed by atoms with Crippen molar-refractivity contribution in [3.8, 4) is 11.5 Å². The van der Waals surface area contributed by atoms with Gasteiger partial charge in [-0.1, -0.05) is 30.0 Å². The molecular formula is C30H38N4O4S. The molecule has 0 bridgehead atoms. The van der Waals surface area contributed by atoms with Crippen LogP contribution in [0, 0.1) is 13.8 Å². The highest BCUT2D eigenvalue weighted by atomic mass is 32.2. The summed E-state index contributed by atoms with van der Waals surface area (Å²) in [5.41, 5.74) is 4.98. The standard InChI is InChI=1S/C30H38N4O4S/c1-20-21(2)32-30(33-28(20)34(3)15-14-22-10-13-26(36-4)27(17-22)37-5)39-19-23-8-11-24(12-9-23)29(35)31-18-25-7-6-16-38-25/h8-13,17,25H,6-7,14-16,18-19H2,1-5H3,(H,31,35). The minimum absolute atomic E-state index is 0.0667. The van der Waals surface area contributed by atoms with Gasteiger partial charge in [-0.3, -0.25) is 4.79 Å². The molecule has 1 unspecified atom stereocenters. The van der Waals surface area contributed by atoms with Crippen molar-refractivity contribution in [1.82, 2.24) is 15.3 Å². The van der Waals surface area contributed by atoms with Crippen LogP contribution in [0.25, 0.3) is 0 Å². The lowest BCUT2D eigenvalue weighted by atomic mass is 10.1. The smallest absolute Gasteiger partial charge is 0.251 e. The number of aromatic nitrogens is 2. The van der Waals surface area contributed by atoms with E-state index in [1.54, 1.807) is 26.0 Å². The van der Waals surface area contributed by atoms with Crippen molar-refractivity contribution in [3.63, 3.8) is 0 Å². The van der Waals surface area contributed by atoms with Gasteiger partial charge in [0.25, 0.3) is 5.91 Å². The number of aryl methyl sites for hydroxylation is 1. The molecule has 1 aromatic heterocycles. The van der Waals surface area contributed by atoms with Crippen molar-refractivity contribution in [2.24, 2.45) is 0 Å². The monoisotopic (exact) mass is 550 g/mol. The number of rotatable bonds is 12. The highest BCUT2D eigenvalue weighted by Gasteiger charge is 2.17.